The van der Waals surface area contributed by atoms with Crippen molar-refractivity contribution in [2.75, 3.05) is 32.7 Å². The first-order valence-corrected chi connectivity index (χ1v) is 13.9. The zero-order valence-corrected chi connectivity index (χ0v) is 22.5. The lowest BCUT2D eigenvalue weighted by molar-refractivity contribution is -0.134. The summed E-state index contributed by atoms with van der Waals surface area (Å²) in [6.45, 7) is 5.17. The zero-order chi connectivity index (χ0) is 25.2. The quantitative estimate of drug-likeness (QED) is 0.412. The highest BCUT2D eigenvalue weighted by Gasteiger charge is 2.33. The number of carbonyl (C=O) groups is 2. The highest BCUT2D eigenvalue weighted by atomic mass is 35.5. The number of rotatable bonds is 5. The lowest BCUT2D eigenvalue weighted by atomic mass is 9.93. The van der Waals surface area contributed by atoms with Gasteiger partial charge >= 0.3 is 0 Å². The van der Waals surface area contributed by atoms with Gasteiger partial charge in [0.15, 0.2) is 0 Å². The van der Waals surface area contributed by atoms with Crippen molar-refractivity contribution < 1.29 is 9.59 Å². The van der Waals surface area contributed by atoms with Crippen LogP contribution < -0.4 is 0 Å². The third-order valence-corrected chi connectivity index (χ3v) is 8.74. The van der Waals surface area contributed by atoms with Crippen LogP contribution in [0.15, 0.2) is 60.0 Å². The van der Waals surface area contributed by atoms with E-state index >= 15 is 0 Å². The Hall–Kier alpha value is -2.38. The molecule has 0 saturated carbocycles. The number of amides is 2. The highest BCUT2D eigenvalue weighted by molar-refractivity contribution is 7.10. The molecule has 5 rings (SSSR count). The number of piperazine rings is 1. The Bertz CT molecular complexity index is 1250. The van der Waals surface area contributed by atoms with Gasteiger partial charge in [-0.1, -0.05) is 53.5 Å². The molecule has 1 aromatic heterocycles. The topological polar surface area (TPSA) is 43.9 Å². The van der Waals surface area contributed by atoms with Crippen LogP contribution in [-0.2, 0) is 11.2 Å². The Labute approximate surface area is 226 Å². The summed E-state index contributed by atoms with van der Waals surface area (Å²) in [5, 5.41) is 3.02. The molecule has 3 heterocycles. The van der Waals surface area contributed by atoms with E-state index in [0.717, 1.165) is 13.0 Å². The second-order valence-corrected chi connectivity index (χ2v) is 11.3. The minimum Gasteiger partial charge on any atom is -0.339 e. The fourth-order valence-electron chi connectivity index (χ4n) is 5.34. The number of thiophene rings is 1. The molecule has 188 valence electrons. The SMILES string of the molecule is C[C@@H]1CN(C(=O)CCN2CCc3sccc3[C@H]2c2ccccc2)CCN1C(=O)c1ccc(Cl)cc1Cl. The van der Waals surface area contributed by atoms with Gasteiger partial charge in [0.25, 0.3) is 5.91 Å². The lowest BCUT2D eigenvalue weighted by Gasteiger charge is -2.41. The fourth-order valence-corrected chi connectivity index (χ4v) is 6.73. The van der Waals surface area contributed by atoms with Gasteiger partial charge in [0, 0.05) is 55.1 Å². The Balaban J connectivity index is 1.21. The molecule has 5 nitrogen and oxygen atoms in total. The lowest BCUT2D eigenvalue weighted by Crippen LogP contribution is -2.55. The van der Waals surface area contributed by atoms with Crippen LogP contribution in [0.1, 0.15) is 45.7 Å². The van der Waals surface area contributed by atoms with E-state index < -0.39 is 0 Å². The smallest absolute Gasteiger partial charge is 0.255 e. The van der Waals surface area contributed by atoms with Crippen molar-refractivity contribution in [2.45, 2.75) is 31.8 Å². The standard InChI is InChI=1S/C28H29Cl2N3O2S/c1-19-18-32(14-15-33(19)28(35)22-8-7-21(29)17-24(22)30)26(34)10-13-31-12-9-25-23(11-16-36-25)27(31)20-5-3-2-4-6-20/h2-8,11,16-17,19,27H,9-10,12-15,18H2,1H3/t19-,27-/m1/s1. The monoisotopic (exact) mass is 541 g/mol. The van der Waals surface area contributed by atoms with Crippen molar-refractivity contribution in [3.8, 4) is 0 Å². The molecule has 2 aliphatic rings. The van der Waals surface area contributed by atoms with Gasteiger partial charge in [-0.2, -0.15) is 0 Å². The van der Waals surface area contributed by atoms with Gasteiger partial charge in [-0.15, -0.1) is 11.3 Å². The summed E-state index contributed by atoms with van der Waals surface area (Å²) >= 11 is 14.1. The van der Waals surface area contributed by atoms with Gasteiger partial charge in [-0.05, 0) is 54.1 Å². The second-order valence-electron chi connectivity index (χ2n) is 9.46. The largest absolute Gasteiger partial charge is 0.339 e. The van der Waals surface area contributed by atoms with Crippen LogP contribution in [0.3, 0.4) is 0 Å². The second kappa shape index (κ2) is 10.9. The molecule has 2 aliphatic heterocycles. The van der Waals surface area contributed by atoms with Crippen LogP contribution >= 0.6 is 34.5 Å². The van der Waals surface area contributed by atoms with Gasteiger partial charge < -0.3 is 9.80 Å². The van der Waals surface area contributed by atoms with Crippen molar-refractivity contribution in [3.63, 3.8) is 0 Å². The highest BCUT2D eigenvalue weighted by Crippen LogP contribution is 2.37. The van der Waals surface area contributed by atoms with Gasteiger partial charge in [-0.25, -0.2) is 0 Å². The van der Waals surface area contributed by atoms with E-state index in [1.807, 2.05) is 29.2 Å². The summed E-state index contributed by atoms with van der Waals surface area (Å²) in [5.74, 6) is 0.0169. The first-order chi connectivity index (χ1) is 17.4. The van der Waals surface area contributed by atoms with E-state index in [-0.39, 0.29) is 23.9 Å². The Kier molecular flexibility index (Phi) is 7.68. The predicted molar refractivity (Wildman–Crippen MR) is 146 cm³/mol. The Morgan fingerprint density at radius 1 is 1.03 bits per heavy atom. The Morgan fingerprint density at radius 2 is 1.83 bits per heavy atom. The fraction of sp³-hybridized carbons (Fsp3) is 0.357. The number of nitrogens with zero attached hydrogens (tertiary/aromatic N) is 3. The molecule has 0 radical (unpaired) electrons. The third-order valence-electron chi connectivity index (χ3n) is 7.20. The molecule has 0 unspecified atom stereocenters. The summed E-state index contributed by atoms with van der Waals surface area (Å²) in [6, 6.07) is 17.8. The van der Waals surface area contributed by atoms with Crippen molar-refractivity contribution in [1.82, 2.24) is 14.7 Å². The van der Waals surface area contributed by atoms with E-state index in [4.69, 9.17) is 23.2 Å². The molecule has 2 atom stereocenters. The number of carbonyl (C=O) groups excluding carboxylic acids is 2. The normalized spacial score (nSPS) is 20.3. The van der Waals surface area contributed by atoms with Crippen LogP contribution in [0.4, 0.5) is 0 Å². The molecule has 1 fully saturated rings. The number of hydrogen-bond donors (Lipinski definition) is 0. The molecular weight excluding hydrogens is 513 g/mol. The van der Waals surface area contributed by atoms with Crippen molar-refractivity contribution in [1.29, 1.82) is 0 Å². The van der Waals surface area contributed by atoms with E-state index in [1.165, 1.54) is 16.0 Å². The zero-order valence-electron chi connectivity index (χ0n) is 20.2. The molecular formula is C28H29Cl2N3O2S. The van der Waals surface area contributed by atoms with Gasteiger partial charge in [-0.3, -0.25) is 14.5 Å². The maximum atomic E-state index is 13.2. The molecule has 3 aromatic rings. The number of hydrogen-bond acceptors (Lipinski definition) is 4. The molecule has 1 saturated heterocycles. The predicted octanol–water partition coefficient (Wildman–Crippen LogP) is 5.77. The summed E-state index contributed by atoms with van der Waals surface area (Å²) in [7, 11) is 0. The summed E-state index contributed by atoms with van der Waals surface area (Å²) in [6.07, 6.45) is 1.49. The van der Waals surface area contributed by atoms with E-state index in [1.54, 1.807) is 23.1 Å². The van der Waals surface area contributed by atoms with Gasteiger partial charge in [0.05, 0.1) is 16.6 Å². The molecule has 0 spiro atoms. The van der Waals surface area contributed by atoms with Crippen LogP contribution in [-0.4, -0.2) is 65.3 Å². The first kappa shape index (κ1) is 25.3. The number of halogens is 2. The summed E-state index contributed by atoms with van der Waals surface area (Å²) in [4.78, 5) is 33.9. The Morgan fingerprint density at radius 3 is 2.58 bits per heavy atom. The molecule has 0 N–H and O–H groups in total. The molecule has 8 heteroatoms. The minimum absolute atomic E-state index is 0.0950. The first-order valence-electron chi connectivity index (χ1n) is 12.3. The maximum absolute atomic E-state index is 13.2. The van der Waals surface area contributed by atoms with E-state index in [9.17, 15) is 9.59 Å². The summed E-state index contributed by atoms with van der Waals surface area (Å²) < 4.78 is 0. The van der Waals surface area contributed by atoms with Gasteiger partial charge in [0.1, 0.15) is 0 Å². The van der Waals surface area contributed by atoms with Crippen molar-refractivity contribution in [3.05, 3.63) is 91.6 Å². The summed E-state index contributed by atoms with van der Waals surface area (Å²) in [5.41, 5.74) is 3.08. The van der Waals surface area contributed by atoms with Crippen molar-refractivity contribution >= 4 is 46.4 Å². The molecule has 0 bridgehead atoms. The minimum atomic E-state index is -0.123. The molecule has 0 aliphatic carbocycles. The average Bonchev–Trinajstić information content (AvgIpc) is 3.36. The van der Waals surface area contributed by atoms with Gasteiger partial charge in [0.2, 0.25) is 5.91 Å². The number of benzene rings is 2. The number of fused-ring (bicyclic) bond motifs is 1. The van der Waals surface area contributed by atoms with E-state index in [0.29, 0.717) is 48.2 Å². The van der Waals surface area contributed by atoms with Crippen molar-refractivity contribution in [2.24, 2.45) is 0 Å². The maximum Gasteiger partial charge on any atom is 0.255 e. The molecule has 2 aromatic carbocycles. The third kappa shape index (κ3) is 5.18. The van der Waals surface area contributed by atoms with E-state index in [2.05, 4.69) is 40.6 Å². The van der Waals surface area contributed by atoms with Crippen LogP contribution in [0.25, 0.3) is 0 Å². The molecule has 36 heavy (non-hydrogen) atoms. The molecule has 2 amide bonds. The average molecular weight is 543 g/mol. The van der Waals surface area contributed by atoms with Crippen LogP contribution in [0.2, 0.25) is 10.0 Å². The van der Waals surface area contributed by atoms with Crippen LogP contribution in [0.5, 0.6) is 0 Å². The van der Waals surface area contributed by atoms with Crippen LogP contribution in [0, 0.1) is 0 Å².